The Hall–Kier alpha value is -4.06. The van der Waals surface area contributed by atoms with Crippen molar-refractivity contribution in [1.82, 2.24) is 19.9 Å². The molecule has 2 aromatic heterocycles. The summed E-state index contributed by atoms with van der Waals surface area (Å²) in [5, 5.41) is 7.50. The number of nitrogen functional groups attached to an aromatic ring is 1. The highest BCUT2D eigenvalue weighted by atomic mass is 36.0. The number of halogens is 4. The van der Waals surface area contributed by atoms with Crippen molar-refractivity contribution in [2.24, 2.45) is 0 Å². The quantitative estimate of drug-likeness (QED) is 0.0485. The number of aryl methyl sites for hydroxylation is 5. The Morgan fingerprint density at radius 2 is 1.22 bits per heavy atom. The molecule has 0 unspecified atom stereocenters. The Bertz CT molecular complexity index is 2050. The van der Waals surface area contributed by atoms with Crippen molar-refractivity contribution in [1.29, 1.82) is 0 Å². The largest absolute Gasteiger partial charge is 0.478 e. The van der Waals surface area contributed by atoms with E-state index < -0.39 is 23.1 Å². The molecule has 4 N–H and O–H groups in total. The van der Waals surface area contributed by atoms with Crippen LogP contribution in [0.4, 0.5) is 5.69 Å². The first kappa shape index (κ1) is 43.0. The Kier molecular flexibility index (Phi) is 17.4. The van der Waals surface area contributed by atoms with E-state index in [1.807, 2.05) is 64.1 Å². The summed E-state index contributed by atoms with van der Waals surface area (Å²) in [5.74, 6) is -0.742. The number of carboxylic acids is 1. The van der Waals surface area contributed by atoms with Crippen molar-refractivity contribution in [3.8, 4) is 0 Å². The number of H-pyrrole nitrogens is 1. The topological polar surface area (TPSA) is 195 Å². The molecule has 0 aliphatic carbocycles. The van der Waals surface area contributed by atoms with E-state index in [1.54, 1.807) is 25.1 Å². The summed E-state index contributed by atoms with van der Waals surface area (Å²) in [6.07, 6.45) is 0. The second-order valence-corrected chi connectivity index (χ2v) is 17.1. The molecular formula is C32H34Cl4N5O7P. The molecule has 0 bridgehead atoms. The van der Waals surface area contributed by atoms with Gasteiger partial charge < -0.3 is 20.6 Å². The molecule has 0 spiro atoms. The molecule has 0 saturated carbocycles. The van der Waals surface area contributed by atoms with Crippen LogP contribution in [0, 0.1) is 34.6 Å². The van der Waals surface area contributed by atoms with Gasteiger partial charge in [-0.1, -0.05) is 46.5 Å². The number of esters is 2. The number of benzene rings is 3. The predicted octanol–water partition coefficient (Wildman–Crippen LogP) is 8.62. The normalized spacial score (nSPS) is 10.1. The molecule has 5 aromatic rings. The number of fused-ring (bicyclic) bond motifs is 2. The standard InChI is InChI=1S/C10H9ClN2.C10H10N2O.C8H9NO2.C4H6O3.Cl3OP/c1-6-3-4-9-8(5-6)10(11)13-7(2)12-9;1-6-3-4-9-8(5-6)10(13)12-7(2)11-9;1-5-2-3-7(9)6(4-5)8(10)11;1-3(5)7-4(2)6;1-5(2,3)4/h3-5H,1-2H3;3-5H,1-2H3,(H,11,12,13);2-4H,9H2,1H3,(H,10,11);1-2H3;. The molecule has 5 rings (SSSR count). The predicted molar refractivity (Wildman–Crippen MR) is 196 cm³/mol. The number of ether oxygens (including phenoxy) is 1. The molecule has 3 aromatic carbocycles. The van der Waals surface area contributed by atoms with Crippen LogP contribution in [-0.4, -0.2) is 43.0 Å². The van der Waals surface area contributed by atoms with Gasteiger partial charge in [0.2, 0.25) is 0 Å². The van der Waals surface area contributed by atoms with Gasteiger partial charge in [-0.15, -0.1) is 0 Å². The number of hydrogen-bond donors (Lipinski definition) is 3. The molecule has 0 aliphatic rings. The van der Waals surface area contributed by atoms with Gasteiger partial charge >= 0.3 is 23.1 Å². The number of rotatable bonds is 1. The van der Waals surface area contributed by atoms with Gasteiger partial charge in [0, 0.05) is 24.9 Å². The van der Waals surface area contributed by atoms with Gasteiger partial charge in [0.1, 0.15) is 16.8 Å². The maximum atomic E-state index is 11.5. The Morgan fingerprint density at radius 3 is 1.67 bits per heavy atom. The molecule has 0 radical (unpaired) electrons. The summed E-state index contributed by atoms with van der Waals surface area (Å²) < 4.78 is 13.5. The van der Waals surface area contributed by atoms with Crippen LogP contribution in [-0.2, 0) is 18.9 Å². The van der Waals surface area contributed by atoms with Crippen LogP contribution < -0.4 is 11.3 Å². The van der Waals surface area contributed by atoms with Gasteiger partial charge in [0.15, 0.2) is 0 Å². The zero-order valence-electron chi connectivity index (χ0n) is 27.5. The number of anilines is 1. The van der Waals surface area contributed by atoms with E-state index in [4.69, 9.17) is 22.4 Å². The van der Waals surface area contributed by atoms with Crippen molar-refractivity contribution in [2.45, 2.75) is 48.5 Å². The van der Waals surface area contributed by atoms with Crippen LogP contribution in [0.5, 0.6) is 0 Å². The number of aromatic carboxylic acids is 1. The van der Waals surface area contributed by atoms with E-state index in [0.29, 0.717) is 27.9 Å². The number of aromatic amines is 1. The average molecular weight is 773 g/mol. The fourth-order valence-corrected chi connectivity index (χ4v) is 4.02. The minimum atomic E-state index is -3.22. The molecule has 0 atom stereocenters. The molecule has 262 valence electrons. The molecule has 12 nitrogen and oxygen atoms in total. The summed E-state index contributed by atoms with van der Waals surface area (Å²) in [4.78, 5) is 56.8. The van der Waals surface area contributed by atoms with E-state index in [2.05, 4.69) is 58.4 Å². The number of hydrogen-bond acceptors (Lipinski definition) is 10. The van der Waals surface area contributed by atoms with Crippen molar-refractivity contribution < 1.29 is 28.8 Å². The van der Waals surface area contributed by atoms with Gasteiger partial charge in [-0.3, -0.25) is 18.9 Å². The summed E-state index contributed by atoms with van der Waals surface area (Å²) in [6, 6.07) is 16.6. The number of carboxylic acid groups (broad SMARTS) is 1. The number of aromatic nitrogens is 4. The average Bonchev–Trinajstić information content (AvgIpc) is 2.94. The van der Waals surface area contributed by atoms with Crippen molar-refractivity contribution in [2.75, 3.05) is 5.73 Å². The number of carbonyl (C=O) groups excluding carboxylic acids is 2. The SMILES string of the molecule is CC(=O)OC(C)=O.Cc1ccc(N)c(C(=O)O)c1.Cc1ccc2nc(C)[nH]c(=O)c2c1.Cc1ccc2nc(C)nc(Cl)c2c1.O=P(Cl)(Cl)Cl. The lowest BCUT2D eigenvalue weighted by molar-refractivity contribution is -0.156. The molecule has 0 aliphatic heterocycles. The molecule has 0 amide bonds. The highest BCUT2D eigenvalue weighted by molar-refractivity contribution is 8.24. The van der Waals surface area contributed by atoms with E-state index >= 15 is 0 Å². The Labute approximate surface area is 301 Å². The van der Waals surface area contributed by atoms with Crippen LogP contribution in [0.25, 0.3) is 21.8 Å². The van der Waals surface area contributed by atoms with Gasteiger partial charge in [-0.2, -0.15) is 0 Å². The molecule has 49 heavy (non-hydrogen) atoms. The fraction of sp³-hybridized carbons (Fsp3) is 0.219. The monoisotopic (exact) mass is 771 g/mol. The van der Waals surface area contributed by atoms with Crippen molar-refractivity contribution in [3.05, 3.63) is 104 Å². The summed E-state index contributed by atoms with van der Waals surface area (Å²) in [5.41, 5.74) is 10.6. The molecular weight excluding hydrogens is 739 g/mol. The first-order valence-corrected chi connectivity index (χ1v) is 18.7. The van der Waals surface area contributed by atoms with Crippen molar-refractivity contribution in [3.63, 3.8) is 0 Å². The summed E-state index contributed by atoms with van der Waals surface area (Å²) in [6.45, 7) is 11.8. The maximum absolute atomic E-state index is 11.5. The third-order valence-electron chi connectivity index (χ3n) is 5.62. The smallest absolute Gasteiger partial charge is 0.339 e. The van der Waals surface area contributed by atoms with Gasteiger partial charge in [-0.25, -0.2) is 19.7 Å². The highest BCUT2D eigenvalue weighted by Gasteiger charge is 2.06. The second-order valence-electron chi connectivity index (χ2n) is 10.1. The van der Waals surface area contributed by atoms with Crippen LogP contribution in [0.1, 0.15) is 52.5 Å². The van der Waals surface area contributed by atoms with E-state index in [1.165, 1.54) is 19.4 Å². The Morgan fingerprint density at radius 1 is 0.776 bits per heavy atom. The zero-order chi connectivity index (χ0) is 37.6. The molecule has 17 heteroatoms. The van der Waals surface area contributed by atoms with E-state index in [0.717, 1.165) is 27.5 Å². The third kappa shape index (κ3) is 17.2. The molecule has 0 saturated heterocycles. The molecule has 2 heterocycles. The van der Waals surface area contributed by atoms with Gasteiger partial charge in [0.05, 0.1) is 22.0 Å². The first-order valence-electron chi connectivity index (χ1n) is 13.9. The summed E-state index contributed by atoms with van der Waals surface area (Å²) in [7, 11) is 0. The van der Waals surface area contributed by atoms with Crippen LogP contribution in [0.2, 0.25) is 5.15 Å². The third-order valence-corrected chi connectivity index (χ3v) is 5.91. The van der Waals surface area contributed by atoms with Crippen LogP contribution in [0.3, 0.4) is 0 Å². The number of carbonyl (C=O) groups is 3. The Balaban J connectivity index is 0.000000319. The van der Waals surface area contributed by atoms with Crippen molar-refractivity contribution >= 4 is 95.9 Å². The van der Waals surface area contributed by atoms with E-state index in [-0.39, 0.29) is 11.1 Å². The highest BCUT2D eigenvalue weighted by Crippen LogP contribution is 2.61. The van der Waals surface area contributed by atoms with Crippen LogP contribution >= 0.6 is 50.5 Å². The second kappa shape index (κ2) is 19.8. The maximum Gasteiger partial charge on any atom is 0.339 e. The van der Waals surface area contributed by atoms with Gasteiger partial charge in [-0.05, 0) is 105 Å². The minimum absolute atomic E-state index is 0.0637. The number of nitrogens with zero attached hydrogens (tertiary/aromatic N) is 3. The lowest BCUT2D eigenvalue weighted by Crippen LogP contribution is -2.09. The lowest BCUT2D eigenvalue weighted by Gasteiger charge is -2.01. The number of nitrogens with two attached hydrogens (primary N) is 1. The summed E-state index contributed by atoms with van der Waals surface area (Å²) >= 11 is 19.8. The number of nitrogens with one attached hydrogen (secondary N) is 1. The molecule has 0 fully saturated rings. The minimum Gasteiger partial charge on any atom is -0.478 e. The van der Waals surface area contributed by atoms with E-state index in [9.17, 15) is 23.7 Å². The van der Waals surface area contributed by atoms with Gasteiger partial charge in [0.25, 0.3) is 5.56 Å². The zero-order valence-corrected chi connectivity index (χ0v) is 31.4. The fourth-order valence-electron chi connectivity index (χ4n) is 3.74. The lowest BCUT2D eigenvalue weighted by atomic mass is 10.1. The van der Waals surface area contributed by atoms with Crippen LogP contribution in [0.15, 0.2) is 59.4 Å². The first-order chi connectivity index (χ1) is 22.6.